The predicted molar refractivity (Wildman–Crippen MR) is 112 cm³/mol. The molecule has 30 heavy (non-hydrogen) atoms. The smallest absolute Gasteiger partial charge is 0.242 e. The van der Waals surface area contributed by atoms with Crippen molar-refractivity contribution < 1.29 is 19.4 Å². The Bertz CT molecular complexity index is 952. The third-order valence-corrected chi connectivity index (χ3v) is 6.71. The lowest BCUT2D eigenvalue weighted by atomic mass is 9.73. The zero-order valence-electron chi connectivity index (χ0n) is 17.0. The van der Waals surface area contributed by atoms with Gasteiger partial charge in [0.15, 0.2) is 0 Å². The number of hydrogen-bond donors (Lipinski definition) is 1. The average molecular weight is 406 g/mol. The summed E-state index contributed by atoms with van der Waals surface area (Å²) in [5, 5.41) is 9.94. The number of amides is 2. The van der Waals surface area contributed by atoms with E-state index >= 15 is 0 Å². The van der Waals surface area contributed by atoms with E-state index in [1.54, 1.807) is 16.9 Å². The Morgan fingerprint density at radius 1 is 1.07 bits per heavy atom. The molecule has 3 atom stereocenters. The van der Waals surface area contributed by atoms with Crippen LogP contribution in [0.1, 0.15) is 24.3 Å². The van der Waals surface area contributed by atoms with Crippen LogP contribution in [0.2, 0.25) is 0 Å². The number of rotatable bonds is 5. The van der Waals surface area contributed by atoms with Crippen molar-refractivity contribution in [3.05, 3.63) is 54.1 Å². The Labute approximate surface area is 176 Å². The Morgan fingerprint density at radius 3 is 2.27 bits per heavy atom. The maximum Gasteiger partial charge on any atom is 0.242 e. The fourth-order valence-corrected chi connectivity index (χ4v) is 4.94. The molecule has 2 aliphatic heterocycles. The molecule has 0 radical (unpaired) electrons. The van der Waals surface area contributed by atoms with E-state index in [1.807, 2.05) is 24.3 Å². The molecular weight excluding hydrogens is 380 g/mol. The van der Waals surface area contributed by atoms with Gasteiger partial charge in [-0.15, -0.1) is 0 Å². The molecule has 3 fully saturated rings. The number of aliphatic hydroxyl groups excluding tert-OH is 1. The first-order valence-corrected chi connectivity index (χ1v) is 10.6. The van der Waals surface area contributed by atoms with Crippen molar-refractivity contribution in [2.45, 2.75) is 30.8 Å². The molecule has 2 aromatic carbocycles. The van der Waals surface area contributed by atoms with Crippen LogP contribution in [0.15, 0.2) is 48.5 Å². The highest BCUT2D eigenvalue weighted by atomic mass is 16.5. The Morgan fingerprint density at radius 2 is 1.70 bits per heavy atom. The van der Waals surface area contributed by atoms with Crippen LogP contribution in [-0.2, 0) is 9.59 Å². The molecule has 2 heterocycles. The molecule has 2 amide bonds. The largest absolute Gasteiger partial charge is 0.497 e. The third kappa shape index (κ3) is 3.16. The van der Waals surface area contributed by atoms with Crippen LogP contribution in [0.4, 0.5) is 0 Å². The number of piperazine rings is 1. The van der Waals surface area contributed by atoms with E-state index in [4.69, 9.17) is 4.74 Å². The van der Waals surface area contributed by atoms with Crippen molar-refractivity contribution in [3.63, 3.8) is 0 Å². The summed E-state index contributed by atoms with van der Waals surface area (Å²) in [5.74, 6) is 1.04. The molecule has 6 heteroatoms. The number of ether oxygens (including phenoxy) is 1. The molecule has 3 aliphatic rings. The average Bonchev–Trinajstić information content (AvgIpc) is 3.60. The Balaban J connectivity index is 1.36. The van der Waals surface area contributed by atoms with Crippen LogP contribution < -0.4 is 4.74 Å². The van der Waals surface area contributed by atoms with Gasteiger partial charge in [0.25, 0.3) is 0 Å². The standard InChI is InChI=1S/C24H26N2O4/c1-30-19-10-8-16(9-11-19)15-2-4-17(5-3-15)23-20-12-25(24(29)18-6-7-18)13-22(28)26(20)21(23)14-27/h2-5,8-11,18,20-21,23,27H,6-7,12-14H2,1H3/t20-,21-,23+/m0/s1. The molecule has 0 unspecified atom stereocenters. The molecule has 1 N–H and O–H groups in total. The van der Waals surface area contributed by atoms with Crippen LogP contribution in [0, 0.1) is 5.92 Å². The van der Waals surface area contributed by atoms with E-state index < -0.39 is 0 Å². The SMILES string of the molecule is COc1ccc(-c2ccc([C@H]3[C@H](CO)N4C(=O)CN(C(=O)C5CC5)C[C@@H]34)cc2)cc1. The molecule has 0 spiro atoms. The zero-order chi connectivity index (χ0) is 20.8. The summed E-state index contributed by atoms with van der Waals surface area (Å²) in [6.07, 6.45) is 1.88. The van der Waals surface area contributed by atoms with Crippen molar-refractivity contribution in [2.75, 3.05) is 26.8 Å². The van der Waals surface area contributed by atoms with Crippen molar-refractivity contribution in [2.24, 2.45) is 5.92 Å². The lowest BCUT2D eigenvalue weighted by Crippen LogP contribution is -2.73. The highest BCUT2D eigenvalue weighted by Crippen LogP contribution is 2.44. The monoisotopic (exact) mass is 406 g/mol. The quantitative estimate of drug-likeness (QED) is 0.827. The van der Waals surface area contributed by atoms with Gasteiger partial charge in [0.1, 0.15) is 5.75 Å². The first kappa shape index (κ1) is 19.1. The molecule has 156 valence electrons. The van der Waals surface area contributed by atoms with E-state index in [0.29, 0.717) is 6.54 Å². The molecular formula is C24H26N2O4. The van der Waals surface area contributed by atoms with Gasteiger partial charge in [0.2, 0.25) is 11.8 Å². The first-order chi connectivity index (χ1) is 14.6. The fraction of sp³-hybridized carbons (Fsp3) is 0.417. The molecule has 1 aliphatic carbocycles. The fourth-order valence-electron chi connectivity index (χ4n) is 4.94. The Hall–Kier alpha value is -2.86. The summed E-state index contributed by atoms with van der Waals surface area (Å²) < 4.78 is 5.22. The molecule has 0 bridgehead atoms. The minimum Gasteiger partial charge on any atom is -0.497 e. The van der Waals surface area contributed by atoms with Crippen molar-refractivity contribution >= 4 is 11.8 Å². The maximum absolute atomic E-state index is 12.7. The summed E-state index contributed by atoms with van der Waals surface area (Å²) in [7, 11) is 1.65. The van der Waals surface area contributed by atoms with E-state index in [2.05, 4.69) is 24.3 Å². The third-order valence-electron chi connectivity index (χ3n) is 6.71. The second-order valence-corrected chi connectivity index (χ2v) is 8.49. The number of carbonyl (C=O) groups is 2. The highest BCUT2D eigenvalue weighted by Gasteiger charge is 2.55. The normalized spacial score (nSPS) is 25.5. The minimum absolute atomic E-state index is 0.0404. The molecule has 1 saturated carbocycles. The molecule has 6 nitrogen and oxygen atoms in total. The minimum atomic E-state index is -0.215. The van der Waals surface area contributed by atoms with Crippen LogP contribution in [0.3, 0.4) is 0 Å². The van der Waals surface area contributed by atoms with Crippen LogP contribution >= 0.6 is 0 Å². The van der Waals surface area contributed by atoms with E-state index in [-0.39, 0.29) is 48.9 Å². The van der Waals surface area contributed by atoms with Crippen LogP contribution in [0.5, 0.6) is 5.75 Å². The number of hydrogen-bond acceptors (Lipinski definition) is 4. The van der Waals surface area contributed by atoms with Gasteiger partial charge < -0.3 is 19.6 Å². The van der Waals surface area contributed by atoms with E-state index in [0.717, 1.165) is 35.3 Å². The number of fused-ring (bicyclic) bond motifs is 1. The van der Waals surface area contributed by atoms with Gasteiger partial charge in [-0.1, -0.05) is 36.4 Å². The second-order valence-electron chi connectivity index (χ2n) is 8.49. The zero-order valence-corrected chi connectivity index (χ0v) is 17.0. The van der Waals surface area contributed by atoms with E-state index in [1.165, 1.54) is 0 Å². The summed E-state index contributed by atoms with van der Waals surface area (Å²) in [6, 6.07) is 16.0. The predicted octanol–water partition coefficient (Wildman–Crippen LogP) is 2.27. The molecule has 0 aromatic heterocycles. The molecule has 5 rings (SSSR count). The second kappa shape index (κ2) is 7.43. The summed E-state index contributed by atoms with van der Waals surface area (Å²) >= 11 is 0. The van der Waals surface area contributed by atoms with Gasteiger partial charge in [-0.05, 0) is 41.7 Å². The van der Waals surface area contributed by atoms with Crippen molar-refractivity contribution in [3.8, 4) is 16.9 Å². The lowest BCUT2D eigenvalue weighted by molar-refractivity contribution is -0.167. The maximum atomic E-state index is 12.7. The van der Waals surface area contributed by atoms with Gasteiger partial charge in [-0.25, -0.2) is 0 Å². The summed E-state index contributed by atoms with van der Waals surface area (Å²) in [4.78, 5) is 28.7. The number of carbonyl (C=O) groups excluding carboxylic acids is 2. The summed E-state index contributed by atoms with van der Waals surface area (Å²) in [5.41, 5.74) is 3.30. The van der Waals surface area contributed by atoms with Gasteiger partial charge >= 0.3 is 0 Å². The topological polar surface area (TPSA) is 70.1 Å². The van der Waals surface area contributed by atoms with E-state index in [9.17, 15) is 14.7 Å². The number of methoxy groups -OCH3 is 1. The molecule has 2 saturated heterocycles. The summed E-state index contributed by atoms with van der Waals surface area (Å²) in [6.45, 7) is 0.637. The number of benzene rings is 2. The highest BCUT2D eigenvalue weighted by molar-refractivity contribution is 5.89. The van der Waals surface area contributed by atoms with Gasteiger partial charge in [0, 0.05) is 18.4 Å². The van der Waals surface area contributed by atoms with Crippen LogP contribution in [-0.4, -0.2) is 65.6 Å². The lowest BCUT2D eigenvalue weighted by Gasteiger charge is -2.58. The van der Waals surface area contributed by atoms with Crippen molar-refractivity contribution in [1.82, 2.24) is 9.80 Å². The van der Waals surface area contributed by atoms with Gasteiger partial charge in [-0.2, -0.15) is 0 Å². The first-order valence-electron chi connectivity index (χ1n) is 10.6. The number of aliphatic hydroxyl groups is 1. The van der Waals surface area contributed by atoms with Crippen LogP contribution in [0.25, 0.3) is 11.1 Å². The Kier molecular flexibility index (Phi) is 4.74. The molecule has 2 aromatic rings. The van der Waals surface area contributed by atoms with Gasteiger partial charge in [0.05, 0.1) is 32.3 Å². The van der Waals surface area contributed by atoms with Gasteiger partial charge in [-0.3, -0.25) is 9.59 Å². The number of nitrogens with zero attached hydrogens (tertiary/aromatic N) is 2. The van der Waals surface area contributed by atoms with Crippen molar-refractivity contribution in [1.29, 1.82) is 0 Å².